The standard InChI is InChI=1S/C16H23BrFN/c1-10-6-11(2)8-12(7-10)16(19-3)14-5-4-13(17)9-15(14)18/h4-5,9-12,16,19H,6-8H2,1-3H3. The summed E-state index contributed by atoms with van der Waals surface area (Å²) < 4.78 is 15.0. The molecule has 2 rings (SSSR count). The Balaban J connectivity index is 2.23. The molecule has 0 heterocycles. The van der Waals surface area contributed by atoms with Crippen molar-refractivity contribution in [1.82, 2.24) is 5.32 Å². The van der Waals surface area contributed by atoms with Crippen LogP contribution in [0.1, 0.15) is 44.7 Å². The maximum atomic E-state index is 14.2. The van der Waals surface area contributed by atoms with Gasteiger partial charge in [-0.1, -0.05) is 35.8 Å². The predicted molar refractivity (Wildman–Crippen MR) is 81.6 cm³/mol. The van der Waals surface area contributed by atoms with Gasteiger partial charge >= 0.3 is 0 Å². The van der Waals surface area contributed by atoms with E-state index in [1.165, 1.54) is 19.3 Å². The summed E-state index contributed by atoms with van der Waals surface area (Å²) in [4.78, 5) is 0. The topological polar surface area (TPSA) is 12.0 Å². The Labute approximate surface area is 124 Å². The third-order valence-electron chi connectivity index (χ3n) is 4.29. The summed E-state index contributed by atoms with van der Waals surface area (Å²) in [5, 5.41) is 3.33. The van der Waals surface area contributed by atoms with Gasteiger partial charge in [-0.05, 0) is 56.2 Å². The fourth-order valence-corrected chi connectivity index (χ4v) is 4.01. The molecule has 3 atom stereocenters. The Hall–Kier alpha value is -0.410. The van der Waals surface area contributed by atoms with Crippen LogP contribution in [-0.4, -0.2) is 7.05 Å². The molecule has 1 nitrogen and oxygen atoms in total. The van der Waals surface area contributed by atoms with Crippen molar-refractivity contribution < 1.29 is 4.39 Å². The molecule has 0 bridgehead atoms. The summed E-state index contributed by atoms with van der Waals surface area (Å²) >= 11 is 3.32. The Kier molecular flexibility index (Phi) is 5.02. The van der Waals surface area contributed by atoms with Crippen molar-refractivity contribution in [2.45, 2.75) is 39.2 Å². The van der Waals surface area contributed by atoms with E-state index in [0.29, 0.717) is 5.92 Å². The van der Waals surface area contributed by atoms with Crippen molar-refractivity contribution in [3.05, 3.63) is 34.1 Å². The highest BCUT2D eigenvalue weighted by Gasteiger charge is 2.31. The van der Waals surface area contributed by atoms with Crippen LogP contribution in [0.4, 0.5) is 4.39 Å². The lowest BCUT2D eigenvalue weighted by molar-refractivity contribution is 0.179. The van der Waals surface area contributed by atoms with Crippen LogP contribution in [0, 0.1) is 23.6 Å². The number of hydrogen-bond donors (Lipinski definition) is 1. The zero-order valence-corrected chi connectivity index (χ0v) is 13.5. The lowest BCUT2D eigenvalue weighted by atomic mass is 9.72. The zero-order valence-electron chi connectivity index (χ0n) is 11.9. The van der Waals surface area contributed by atoms with E-state index >= 15 is 0 Å². The van der Waals surface area contributed by atoms with Gasteiger partial charge in [0.2, 0.25) is 0 Å². The first-order valence-electron chi connectivity index (χ1n) is 7.13. The summed E-state index contributed by atoms with van der Waals surface area (Å²) in [5.41, 5.74) is 0.803. The Morgan fingerprint density at radius 1 is 1.21 bits per heavy atom. The van der Waals surface area contributed by atoms with Crippen LogP contribution in [0.5, 0.6) is 0 Å². The highest BCUT2D eigenvalue weighted by Crippen LogP contribution is 2.40. The molecule has 19 heavy (non-hydrogen) atoms. The first-order chi connectivity index (χ1) is 9.01. The van der Waals surface area contributed by atoms with Gasteiger partial charge in [0.05, 0.1) is 0 Å². The number of hydrogen-bond acceptors (Lipinski definition) is 1. The first-order valence-corrected chi connectivity index (χ1v) is 7.92. The number of nitrogens with one attached hydrogen (secondary N) is 1. The summed E-state index contributed by atoms with van der Waals surface area (Å²) in [7, 11) is 1.94. The van der Waals surface area contributed by atoms with Crippen LogP contribution in [0.15, 0.2) is 22.7 Å². The van der Waals surface area contributed by atoms with Gasteiger partial charge in [-0.2, -0.15) is 0 Å². The smallest absolute Gasteiger partial charge is 0.129 e. The molecule has 3 heteroatoms. The lowest BCUT2D eigenvalue weighted by Crippen LogP contribution is -2.32. The predicted octanol–water partition coefficient (Wildman–Crippen LogP) is 4.92. The average Bonchev–Trinajstić information content (AvgIpc) is 2.31. The van der Waals surface area contributed by atoms with E-state index < -0.39 is 0 Å². The molecule has 0 radical (unpaired) electrons. The molecule has 1 saturated carbocycles. The number of benzene rings is 1. The van der Waals surface area contributed by atoms with E-state index in [1.807, 2.05) is 19.2 Å². The minimum atomic E-state index is -0.111. The second-order valence-corrected chi connectivity index (χ2v) is 7.03. The quantitative estimate of drug-likeness (QED) is 0.830. The van der Waals surface area contributed by atoms with Gasteiger partial charge < -0.3 is 5.32 Å². The Morgan fingerprint density at radius 2 is 1.84 bits per heavy atom. The van der Waals surface area contributed by atoms with E-state index in [1.54, 1.807) is 6.07 Å². The van der Waals surface area contributed by atoms with Gasteiger partial charge in [0.1, 0.15) is 5.82 Å². The van der Waals surface area contributed by atoms with Crippen molar-refractivity contribution in [2.75, 3.05) is 7.05 Å². The molecule has 0 spiro atoms. The summed E-state index contributed by atoms with van der Waals surface area (Å²) in [5.74, 6) is 1.89. The molecule has 0 saturated heterocycles. The highest BCUT2D eigenvalue weighted by atomic mass is 79.9. The average molecular weight is 328 g/mol. The van der Waals surface area contributed by atoms with Gasteiger partial charge in [0.25, 0.3) is 0 Å². The largest absolute Gasteiger partial charge is 0.313 e. The molecule has 1 aliphatic carbocycles. The van der Waals surface area contributed by atoms with Crippen LogP contribution < -0.4 is 5.32 Å². The number of halogens is 2. The summed E-state index contributed by atoms with van der Waals surface area (Å²) in [6.45, 7) is 4.63. The molecular weight excluding hydrogens is 305 g/mol. The first kappa shape index (κ1) is 15.0. The van der Waals surface area contributed by atoms with Crippen molar-refractivity contribution in [1.29, 1.82) is 0 Å². The van der Waals surface area contributed by atoms with Crippen molar-refractivity contribution >= 4 is 15.9 Å². The van der Waals surface area contributed by atoms with E-state index in [-0.39, 0.29) is 11.9 Å². The molecule has 0 amide bonds. The van der Waals surface area contributed by atoms with Gasteiger partial charge in [0.15, 0.2) is 0 Å². The minimum absolute atomic E-state index is 0.111. The van der Waals surface area contributed by atoms with Gasteiger partial charge in [-0.25, -0.2) is 4.39 Å². The molecule has 1 aliphatic rings. The molecule has 1 aromatic rings. The fourth-order valence-electron chi connectivity index (χ4n) is 3.68. The maximum absolute atomic E-state index is 14.2. The maximum Gasteiger partial charge on any atom is 0.129 e. The fraction of sp³-hybridized carbons (Fsp3) is 0.625. The van der Waals surface area contributed by atoms with Crippen LogP contribution in [0.25, 0.3) is 0 Å². The van der Waals surface area contributed by atoms with Crippen LogP contribution >= 0.6 is 15.9 Å². The Morgan fingerprint density at radius 3 is 2.37 bits per heavy atom. The van der Waals surface area contributed by atoms with E-state index in [9.17, 15) is 4.39 Å². The zero-order chi connectivity index (χ0) is 14.0. The SMILES string of the molecule is CNC(c1ccc(Br)cc1F)C1CC(C)CC(C)C1. The van der Waals surface area contributed by atoms with Crippen LogP contribution in [0.2, 0.25) is 0 Å². The van der Waals surface area contributed by atoms with E-state index in [0.717, 1.165) is 21.9 Å². The molecule has 106 valence electrons. The minimum Gasteiger partial charge on any atom is -0.313 e. The molecule has 0 aliphatic heterocycles. The van der Waals surface area contributed by atoms with Crippen molar-refractivity contribution in [2.24, 2.45) is 17.8 Å². The van der Waals surface area contributed by atoms with Gasteiger partial charge in [-0.15, -0.1) is 0 Å². The molecule has 0 aromatic heterocycles. The summed E-state index contributed by atoms with van der Waals surface area (Å²) in [6, 6.07) is 5.52. The third-order valence-corrected chi connectivity index (χ3v) is 4.79. The van der Waals surface area contributed by atoms with E-state index in [2.05, 4.69) is 35.1 Å². The second-order valence-electron chi connectivity index (χ2n) is 6.11. The second kappa shape index (κ2) is 6.36. The normalized spacial score (nSPS) is 29.2. The monoisotopic (exact) mass is 327 g/mol. The Bertz CT molecular complexity index is 425. The van der Waals surface area contributed by atoms with Crippen LogP contribution in [0.3, 0.4) is 0 Å². The molecule has 3 unspecified atom stereocenters. The molecule has 1 N–H and O–H groups in total. The third kappa shape index (κ3) is 3.57. The van der Waals surface area contributed by atoms with Crippen LogP contribution in [-0.2, 0) is 0 Å². The van der Waals surface area contributed by atoms with Crippen molar-refractivity contribution in [3.63, 3.8) is 0 Å². The lowest BCUT2D eigenvalue weighted by Gasteiger charge is -2.36. The molecule has 1 aromatic carbocycles. The summed E-state index contributed by atoms with van der Waals surface area (Å²) in [6.07, 6.45) is 3.67. The molecule has 1 fully saturated rings. The molecular formula is C16H23BrFN. The van der Waals surface area contributed by atoms with E-state index in [4.69, 9.17) is 0 Å². The highest BCUT2D eigenvalue weighted by molar-refractivity contribution is 9.10. The van der Waals surface area contributed by atoms with Gasteiger partial charge in [0, 0.05) is 16.1 Å². The van der Waals surface area contributed by atoms with Crippen molar-refractivity contribution in [3.8, 4) is 0 Å². The van der Waals surface area contributed by atoms with Gasteiger partial charge in [-0.3, -0.25) is 0 Å². The number of rotatable bonds is 3.